The number of fused-ring (bicyclic) bond motifs is 1. The number of nitrogens with one attached hydrogen (secondary N) is 1. The summed E-state index contributed by atoms with van der Waals surface area (Å²) in [6.07, 6.45) is 3.79. The van der Waals surface area contributed by atoms with Gasteiger partial charge < -0.3 is 4.90 Å². The number of amides is 1. The fourth-order valence-electron chi connectivity index (χ4n) is 3.08. The maximum absolute atomic E-state index is 12.8. The van der Waals surface area contributed by atoms with Gasteiger partial charge >= 0.3 is 0 Å². The standard InChI is InChI=1S/C19H22N4O3S2/c1-12-10-23-17(13(2)20-19(23)27-12)11-22(3)18(24)14-4-8-16(9-5-14)28(25,26)21-15-6-7-15/h4-5,8-10,15,21H,6-7,11H2,1-3H3. The van der Waals surface area contributed by atoms with Crippen molar-refractivity contribution >= 4 is 32.2 Å². The monoisotopic (exact) mass is 418 g/mol. The molecule has 0 bridgehead atoms. The third kappa shape index (κ3) is 3.69. The van der Waals surface area contributed by atoms with Crippen LogP contribution < -0.4 is 4.72 Å². The van der Waals surface area contributed by atoms with Crippen molar-refractivity contribution in [3.63, 3.8) is 0 Å². The number of aromatic nitrogens is 2. The summed E-state index contributed by atoms with van der Waals surface area (Å²) in [6.45, 7) is 4.39. The van der Waals surface area contributed by atoms with Gasteiger partial charge in [0.05, 0.1) is 22.8 Å². The fraction of sp³-hybridized carbons (Fsp3) is 0.368. The lowest BCUT2D eigenvalue weighted by Gasteiger charge is -2.17. The molecule has 0 saturated heterocycles. The maximum atomic E-state index is 12.8. The number of carbonyl (C=O) groups is 1. The van der Waals surface area contributed by atoms with Crippen molar-refractivity contribution in [2.24, 2.45) is 0 Å². The van der Waals surface area contributed by atoms with Gasteiger partial charge in [0.25, 0.3) is 5.91 Å². The first-order chi connectivity index (χ1) is 13.2. The predicted molar refractivity (Wildman–Crippen MR) is 108 cm³/mol. The van der Waals surface area contributed by atoms with E-state index in [0.717, 1.165) is 34.1 Å². The zero-order chi connectivity index (χ0) is 20.1. The molecule has 28 heavy (non-hydrogen) atoms. The number of hydrogen-bond donors (Lipinski definition) is 1. The quantitative estimate of drug-likeness (QED) is 0.667. The van der Waals surface area contributed by atoms with Gasteiger partial charge in [-0.3, -0.25) is 9.20 Å². The van der Waals surface area contributed by atoms with Crippen LogP contribution in [0.3, 0.4) is 0 Å². The van der Waals surface area contributed by atoms with Crippen LogP contribution in [0.2, 0.25) is 0 Å². The van der Waals surface area contributed by atoms with Crippen molar-refractivity contribution in [1.82, 2.24) is 19.0 Å². The third-order valence-corrected chi connectivity index (χ3v) is 7.22. The van der Waals surface area contributed by atoms with Crippen LogP contribution in [0.25, 0.3) is 4.96 Å². The Kier molecular flexibility index (Phi) is 4.76. The minimum Gasteiger partial charge on any atom is -0.336 e. The number of carbonyl (C=O) groups excluding carboxylic acids is 1. The molecule has 148 valence electrons. The summed E-state index contributed by atoms with van der Waals surface area (Å²) in [4.78, 5) is 21.2. The number of imidazole rings is 1. The minimum atomic E-state index is -3.51. The number of sulfonamides is 1. The summed E-state index contributed by atoms with van der Waals surface area (Å²) in [6, 6.07) is 6.14. The smallest absolute Gasteiger partial charge is 0.253 e. The van der Waals surface area contributed by atoms with Crippen molar-refractivity contribution in [2.75, 3.05) is 7.05 Å². The van der Waals surface area contributed by atoms with Crippen molar-refractivity contribution in [3.05, 3.63) is 52.3 Å². The molecular formula is C19H22N4O3S2. The van der Waals surface area contributed by atoms with E-state index in [2.05, 4.69) is 9.71 Å². The molecule has 0 atom stereocenters. The van der Waals surface area contributed by atoms with Gasteiger partial charge in [0.15, 0.2) is 4.96 Å². The highest BCUT2D eigenvalue weighted by atomic mass is 32.2. The van der Waals surface area contributed by atoms with Gasteiger partial charge in [-0.05, 0) is 51.0 Å². The molecule has 1 saturated carbocycles. The van der Waals surface area contributed by atoms with E-state index >= 15 is 0 Å². The van der Waals surface area contributed by atoms with Gasteiger partial charge in [-0.15, -0.1) is 11.3 Å². The molecule has 4 rings (SSSR count). The predicted octanol–water partition coefficient (Wildman–Crippen LogP) is 2.73. The molecule has 1 amide bonds. The zero-order valence-corrected chi connectivity index (χ0v) is 17.6. The molecule has 1 aliphatic rings. The second-order valence-corrected chi connectivity index (χ2v) is 10.1. The Labute approximate surface area is 168 Å². The number of thiazole rings is 1. The van der Waals surface area contributed by atoms with E-state index in [-0.39, 0.29) is 16.8 Å². The summed E-state index contributed by atoms with van der Waals surface area (Å²) in [5.41, 5.74) is 2.33. The van der Waals surface area contributed by atoms with Crippen molar-refractivity contribution < 1.29 is 13.2 Å². The Balaban J connectivity index is 1.51. The first-order valence-electron chi connectivity index (χ1n) is 9.06. The number of aryl methyl sites for hydroxylation is 2. The lowest BCUT2D eigenvalue weighted by Crippen LogP contribution is -2.28. The fourth-order valence-corrected chi connectivity index (χ4v) is 5.28. The number of benzene rings is 1. The maximum Gasteiger partial charge on any atom is 0.253 e. The first kappa shape index (κ1) is 19.1. The van der Waals surface area contributed by atoms with Crippen molar-refractivity contribution in [2.45, 2.75) is 44.2 Å². The van der Waals surface area contributed by atoms with Gasteiger partial charge in [-0.1, -0.05) is 0 Å². The summed E-state index contributed by atoms with van der Waals surface area (Å²) in [5.74, 6) is -0.166. The molecule has 1 N–H and O–H groups in total. The average Bonchev–Trinajstić information content (AvgIpc) is 3.31. The molecule has 0 aliphatic heterocycles. The van der Waals surface area contributed by atoms with Crippen LogP contribution >= 0.6 is 11.3 Å². The van der Waals surface area contributed by atoms with E-state index in [1.54, 1.807) is 35.4 Å². The Morgan fingerprint density at radius 3 is 2.61 bits per heavy atom. The molecule has 1 aliphatic carbocycles. The number of nitrogens with zero attached hydrogens (tertiary/aromatic N) is 3. The summed E-state index contributed by atoms with van der Waals surface area (Å²) >= 11 is 1.62. The summed E-state index contributed by atoms with van der Waals surface area (Å²) in [7, 11) is -1.78. The highest BCUT2D eigenvalue weighted by molar-refractivity contribution is 7.89. The summed E-state index contributed by atoms with van der Waals surface area (Å²) in [5, 5.41) is 0. The van der Waals surface area contributed by atoms with E-state index in [1.807, 2.05) is 24.4 Å². The molecule has 2 heterocycles. The molecule has 7 nitrogen and oxygen atoms in total. The minimum absolute atomic E-state index is 0.0499. The molecule has 2 aromatic heterocycles. The molecular weight excluding hydrogens is 396 g/mol. The van der Waals surface area contributed by atoms with Crippen LogP contribution in [0.1, 0.15) is 39.5 Å². The van der Waals surface area contributed by atoms with Crippen LogP contribution in [0, 0.1) is 13.8 Å². The van der Waals surface area contributed by atoms with Gasteiger partial charge in [0.2, 0.25) is 10.0 Å². The molecule has 3 aromatic rings. The number of hydrogen-bond acceptors (Lipinski definition) is 5. The van der Waals surface area contributed by atoms with Gasteiger partial charge in [0.1, 0.15) is 0 Å². The topological polar surface area (TPSA) is 83.8 Å². The summed E-state index contributed by atoms with van der Waals surface area (Å²) < 4.78 is 29.2. The molecule has 0 radical (unpaired) electrons. The average molecular weight is 419 g/mol. The lowest BCUT2D eigenvalue weighted by atomic mass is 10.2. The lowest BCUT2D eigenvalue weighted by molar-refractivity contribution is 0.0783. The van der Waals surface area contributed by atoms with Crippen LogP contribution in [-0.2, 0) is 16.6 Å². The highest BCUT2D eigenvalue weighted by Crippen LogP contribution is 2.23. The highest BCUT2D eigenvalue weighted by Gasteiger charge is 2.28. The second-order valence-electron chi connectivity index (χ2n) is 7.22. The Morgan fingerprint density at radius 2 is 1.96 bits per heavy atom. The Morgan fingerprint density at radius 1 is 1.29 bits per heavy atom. The van der Waals surface area contributed by atoms with E-state index < -0.39 is 10.0 Å². The van der Waals surface area contributed by atoms with Crippen molar-refractivity contribution in [1.29, 1.82) is 0 Å². The van der Waals surface area contributed by atoms with E-state index in [9.17, 15) is 13.2 Å². The third-order valence-electron chi connectivity index (χ3n) is 4.79. The normalized spacial score (nSPS) is 14.5. The molecule has 0 unspecified atom stereocenters. The van der Waals surface area contributed by atoms with E-state index in [4.69, 9.17) is 0 Å². The number of rotatable bonds is 6. The zero-order valence-electron chi connectivity index (χ0n) is 16.0. The Bertz CT molecular complexity index is 1140. The van der Waals surface area contributed by atoms with Crippen LogP contribution in [0.4, 0.5) is 0 Å². The van der Waals surface area contributed by atoms with Crippen LogP contribution in [0.15, 0.2) is 35.4 Å². The SMILES string of the molecule is Cc1cn2c(CN(C)C(=O)c3ccc(S(=O)(=O)NC4CC4)cc3)c(C)nc2s1. The molecule has 0 spiro atoms. The molecule has 1 fully saturated rings. The van der Waals surface area contributed by atoms with Crippen LogP contribution in [0.5, 0.6) is 0 Å². The van der Waals surface area contributed by atoms with Crippen molar-refractivity contribution in [3.8, 4) is 0 Å². The molecule has 9 heteroatoms. The molecule has 1 aromatic carbocycles. The van der Waals surface area contributed by atoms with E-state index in [0.29, 0.717) is 12.1 Å². The second kappa shape index (κ2) is 6.98. The van der Waals surface area contributed by atoms with Gasteiger partial charge in [0, 0.05) is 29.7 Å². The largest absolute Gasteiger partial charge is 0.336 e. The van der Waals surface area contributed by atoms with Gasteiger partial charge in [-0.25, -0.2) is 18.1 Å². The first-order valence-corrected chi connectivity index (χ1v) is 11.4. The van der Waals surface area contributed by atoms with Crippen LogP contribution in [-0.4, -0.2) is 41.7 Å². The Hall–Kier alpha value is -2.23. The van der Waals surface area contributed by atoms with Gasteiger partial charge in [-0.2, -0.15) is 0 Å². The van der Waals surface area contributed by atoms with E-state index in [1.165, 1.54) is 12.1 Å².